The van der Waals surface area contributed by atoms with E-state index >= 15 is 0 Å². The summed E-state index contributed by atoms with van der Waals surface area (Å²) >= 11 is 6.00. The molecule has 1 amide bonds. The Bertz CT molecular complexity index is 656. The molecule has 5 heteroatoms. The van der Waals surface area contributed by atoms with Gasteiger partial charge in [-0.1, -0.05) is 23.7 Å². The standard InChI is InChI=1S/C15H15ClN2O2/c1-9-7-12(17)11(16)8-15(9)20-14-6-4-3-5-13(14)18-10(2)19/h3-8H,17H2,1-2H3,(H,18,19). The van der Waals surface area contributed by atoms with E-state index in [0.29, 0.717) is 27.9 Å². The maximum Gasteiger partial charge on any atom is 0.221 e. The number of nitrogen functional groups attached to an aromatic ring is 1. The number of hydrogen-bond acceptors (Lipinski definition) is 3. The Kier molecular flexibility index (Phi) is 4.15. The summed E-state index contributed by atoms with van der Waals surface area (Å²) in [5.74, 6) is 0.988. The second-order valence-electron chi connectivity index (χ2n) is 4.42. The van der Waals surface area contributed by atoms with E-state index in [4.69, 9.17) is 22.1 Å². The van der Waals surface area contributed by atoms with Crippen LogP contribution in [0, 0.1) is 6.92 Å². The van der Waals surface area contributed by atoms with Gasteiger partial charge in [0.05, 0.1) is 16.4 Å². The van der Waals surface area contributed by atoms with E-state index in [9.17, 15) is 4.79 Å². The normalized spacial score (nSPS) is 10.2. The number of carbonyl (C=O) groups is 1. The van der Waals surface area contributed by atoms with E-state index in [2.05, 4.69) is 5.32 Å². The maximum absolute atomic E-state index is 11.2. The number of halogens is 1. The lowest BCUT2D eigenvalue weighted by Gasteiger charge is -2.14. The molecule has 4 nitrogen and oxygen atoms in total. The monoisotopic (exact) mass is 290 g/mol. The summed E-state index contributed by atoms with van der Waals surface area (Å²) < 4.78 is 5.82. The minimum Gasteiger partial charge on any atom is -0.455 e. The van der Waals surface area contributed by atoms with Crippen LogP contribution in [0.2, 0.25) is 5.02 Å². The lowest BCUT2D eigenvalue weighted by Crippen LogP contribution is -2.06. The van der Waals surface area contributed by atoms with Gasteiger partial charge in [-0.25, -0.2) is 0 Å². The molecule has 0 saturated heterocycles. The Balaban J connectivity index is 2.35. The van der Waals surface area contributed by atoms with Gasteiger partial charge in [-0.3, -0.25) is 4.79 Å². The maximum atomic E-state index is 11.2. The van der Waals surface area contributed by atoms with Crippen LogP contribution in [-0.2, 0) is 4.79 Å². The SMILES string of the molecule is CC(=O)Nc1ccccc1Oc1cc(Cl)c(N)cc1C. The van der Waals surface area contributed by atoms with Crippen molar-refractivity contribution in [2.45, 2.75) is 13.8 Å². The topological polar surface area (TPSA) is 64.3 Å². The smallest absolute Gasteiger partial charge is 0.221 e. The van der Waals surface area contributed by atoms with Crippen molar-refractivity contribution in [3.8, 4) is 11.5 Å². The molecule has 0 spiro atoms. The fourth-order valence-corrected chi connectivity index (χ4v) is 1.92. The van der Waals surface area contributed by atoms with Crippen LogP contribution in [0.4, 0.5) is 11.4 Å². The Morgan fingerprint density at radius 3 is 2.65 bits per heavy atom. The molecule has 0 unspecified atom stereocenters. The molecular weight excluding hydrogens is 276 g/mol. The number of ether oxygens (including phenoxy) is 1. The lowest BCUT2D eigenvalue weighted by atomic mass is 10.2. The van der Waals surface area contributed by atoms with Gasteiger partial charge in [0.25, 0.3) is 0 Å². The van der Waals surface area contributed by atoms with Crippen LogP contribution in [0.5, 0.6) is 11.5 Å². The molecule has 20 heavy (non-hydrogen) atoms. The largest absolute Gasteiger partial charge is 0.455 e. The third kappa shape index (κ3) is 3.22. The van der Waals surface area contributed by atoms with Gasteiger partial charge in [0, 0.05) is 13.0 Å². The van der Waals surface area contributed by atoms with Gasteiger partial charge >= 0.3 is 0 Å². The van der Waals surface area contributed by atoms with Gasteiger partial charge in [0.15, 0.2) is 5.75 Å². The zero-order chi connectivity index (χ0) is 14.7. The molecule has 104 valence electrons. The van der Waals surface area contributed by atoms with Crippen LogP contribution in [0.25, 0.3) is 0 Å². The van der Waals surface area contributed by atoms with Gasteiger partial charge < -0.3 is 15.8 Å². The molecule has 0 aromatic heterocycles. The second kappa shape index (κ2) is 5.84. The van der Waals surface area contributed by atoms with Crippen molar-refractivity contribution >= 4 is 28.9 Å². The minimum absolute atomic E-state index is 0.159. The predicted molar refractivity (Wildman–Crippen MR) is 81.4 cm³/mol. The van der Waals surface area contributed by atoms with Crippen LogP contribution in [0.1, 0.15) is 12.5 Å². The van der Waals surface area contributed by atoms with Crippen molar-refractivity contribution in [2.75, 3.05) is 11.1 Å². The highest BCUT2D eigenvalue weighted by atomic mass is 35.5. The molecule has 0 aliphatic rings. The first-order valence-corrected chi connectivity index (χ1v) is 6.45. The fraction of sp³-hybridized carbons (Fsp3) is 0.133. The first-order valence-electron chi connectivity index (χ1n) is 6.07. The highest BCUT2D eigenvalue weighted by molar-refractivity contribution is 6.33. The highest BCUT2D eigenvalue weighted by Gasteiger charge is 2.09. The number of rotatable bonds is 3. The van der Waals surface area contributed by atoms with Gasteiger partial charge in [-0.15, -0.1) is 0 Å². The first kappa shape index (κ1) is 14.2. The Morgan fingerprint density at radius 2 is 1.95 bits per heavy atom. The molecule has 3 N–H and O–H groups in total. The zero-order valence-corrected chi connectivity index (χ0v) is 12.0. The van der Waals surface area contributed by atoms with Gasteiger partial charge in [0.1, 0.15) is 5.75 Å². The van der Waals surface area contributed by atoms with E-state index in [1.165, 1.54) is 6.92 Å². The molecule has 0 saturated carbocycles. The third-order valence-electron chi connectivity index (χ3n) is 2.71. The molecule has 0 aliphatic heterocycles. The molecule has 0 bridgehead atoms. The van der Waals surface area contributed by atoms with E-state index in [1.807, 2.05) is 19.1 Å². The van der Waals surface area contributed by atoms with Crippen LogP contribution in [-0.4, -0.2) is 5.91 Å². The van der Waals surface area contributed by atoms with Gasteiger partial charge in [-0.05, 0) is 30.7 Å². The number of para-hydroxylation sites is 2. The van der Waals surface area contributed by atoms with Gasteiger partial charge in [0.2, 0.25) is 5.91 Å². The quantitative estimate of drug-likeness (QED) is 0.840. The lowest BCUT2D eigenvalue weighted by molar-refractivity contribution is -0.114. The second-order valence-corrected chi connectivity index (χ2v) is 4.83. The summed E-state index contributed by atoms with van der Waals surface area (Å²) in [4.78, 5) is 11.2. The number of carbonyl (C=O) groups excluding carboxylic acids is 1. The molecule has 2 aromatic rings. The molecule has 0 fully saturated rings. The number of nitrogens with two attached hydrogens (primary N) is 1. The molecule has 0 radical (unpaired) electrons. The highest BCUT2D eigenvalue weighted by Crippen LogP contribution is 2.34. The number of nitrogens with one attached hydrogen (secondary N) is 1. The van der Waals surface area contributed by atoms with Crippen molar-refractivity contribution in [2.24, 2.45) is 0 Å². The third-order valence-corrected chi connectivity index (χ3v) is 3.04. The average molecular weight is 291 g/mol. The van der Waals surface area contributed by atoms with Crippen molar-refractivity contribution in [3.63, 3.8) is 0 Å². The molecular formula is C15H15ClN2O2. The first-order chi connectivity index (χ1) is 9.47. The van der Waals surface area contributed by atoms with Crippen LogP contribution < -0.4 is 15.8 Å². The number of hydrogen-bond donors (Lipinski definition) is 2. The van der Waals surface area contributed by atoms with Crippen molar-refractivity contribution in [1.82, 2.24) is 0 Å². The van der Waals surface area contributed by atoms with Crippen molar-refractivity contribution in [3.05, 3.63) is 47.0 Å². The summed E-state index contributed by atoms with van der Waals surface area (Å²) in [5.41, 5.74) is 7.71. The molecule has 2 aromatic carbocycles. The van der Waals surface area contributed by atoms with Crippen LogP contribution in [0.15, 0.2) is 36.4 Å². The predicted octanol–water partition coefficient (Wildman–Crippen LogP) is 3.98. The summed E-state index contributed by atoms with van der Waals surface area (Å²) in [5, 5.41) is 3.15. The van der Waals surface area contributed by atoms with E-state index < -0.39 is 0 Å². The van der Waals surface area contributed by atoms with Gasteiger partial charge in [-0.2, -0.15) is 0 Å². The summed E-state index contributed by atoms with van der Waals surface area (Å²) in [6, 6.07) is 10.6. The average Bonchev–Trinajstić information content (AvgIpc) is 2.37. The summed E-state index contributed by atoms with van der Waals surface area (Å²) in [7, 11) is 0. The Morgan fingerprint density at radius 1 is 1.25 bits per heavy atom. The number of benzene rings is 2. The fourth-order valence-electron chi connectivity index (χ4n) is 1.76. The molecule has 0 heterocycles. The van der Waals surface area contributed by atoms with Crippen LogP contribution >= 0.6 is 11.6 Å². The van der Waals surface area contributed by atoms with Crippen LogP contribution in [0.3, 0.4) is 0 Å². The van der Waals surface area contributed by atoms with E-state index in [1.54, 1.807) is 24.3 Å². The summed E-state index contributed by atoms with van der Waals surface area (Å²) in [6.45, 7) is 3.32. The minimum atomic E-state index is -0.159. The molecule has 0 aliphatic carbocycles. The van der Waals surface area contributed by atoms with E-state index in [0.717, 1.165) is 5.56 Å². The number of amides is 1. The Hall–Kier alpha value is -2.20. The van der Waals surface area contributed by atoms with Crippen molar-refractivity contribution in [1.29, 1.82) is 0 Å². The molecule has 0 atom stereocenters. The molecule has 2 rings (SSSR count). The Labute approximate surface area is 122 Å². The zero-order valence-electron chi connectivity index (χ0n) is 11.2. The van der Waals surface area contributed by atoms with E-state index in [-0.39, 0.29) is 5.91 Å². The number of aryl methyl sites for hydroxylation is 1. The van der Waals surface area contributed by atoms with Crippen molar-refractivity contribution < 1.29 is 9.53 Å². The number of anilines is 2. The summed E-state index contributed by atoms with van der Waals surface area (Å²) in [6.07, 6.45) is 0.